The van der Waals surface area contributed by atoms with E-state index in [9.17, 15) is 0 Å². The fourth-order valence-corrected chi connectivity index (χ4v) is 5.86. The summed E-state index contributed by atoms with van der Waals surface area (Å²) in [6.07, 6.45) is 6.34. The summed E-state index contributed by atoms with van der Waals surface area (Å²) >= 11 is 2.34. The van der Waals surface area contributed by atoms with Gasteiger partial charge in [0.05, 0.1) is 40.7 Å². The number of ether oxygens (including phenoxy) is 1. The van der Waals surface area contributed by atoms with E-state index in [4.69, 9.17) is 20.6 Å². The van der Waals surface area contributed by atoms with Crippen molar-refractivity contribution < 1.29 is 4.74 Å². The van der Waals surface area contributed by atoms with Crippen LogP contribution in [0.3, 0.4) is 0 Å². The van der Waals surface area contributed by atoms with E-state index in [1.807, 2.05) is 43.7 Å². The van der Waals surface area contributed by atoms with Gasteiger partial charge in [-0.05, 0) is 72.6 Å². The first-order valence-corrected chi connectivity index (χ1v) is 15.3. The molecule has 0 spiro atoms. The molecule has 1 aliphatic rings. The zero-order chi connectivity index (χ0) is 24.6. The zero-order valence-electron chi connectivity index (χ0n) is 20.3. The highest BCUT2D eigenvalue weighted by Gasteiger charge is 2.23. The summed E-state index contributed by atoms with van der Waals surface area (Å²) in [5, 5.41) is 10.5. The molecule has 10 heteroatoms. The van der Waals surface area contributed by atoms with Crippen LogP contribution in [0.1, 0.15) is 32.2 Å². The highest BCUT2D eigenvalue weighted by molar-refractivity contribution is 14.2. The minimum atomic E-state index is -0.0717. The number of nitrogens with two attached hydrogens (primary N) is 1. The van der Waals surface area contributed by atoms with Gasteiger partial charge in [0, 0.05) is 31.2 Å². The molecular weight excluding hydrogens is 560 g/mol. The molecule has 2 atom stereocenters. The van der Waals surface area contributed by atoms with Crippen molar-refractivity contribution in [2.24, 2.45) is 12.8 Å². The van der Waals surface area contributed by atoms with E-state index in [1.54, 1.807) is 4.68 Å². The van der Waals surface area contributed by atoms with Crippen LogP contribution in [-0.4, -0.2) is 55.0 Å². The first-order valence-electron chi connectivity index (χ1n) is 11.2. The maximum atomic E-state index is 6.60. The lowest BCUT2D eigenvalue weighted by molar-refractivity contribution is 0.145. The fourth-order valence-electron chi connectivity index (χ4n) is 4.34. The van der Waals surface area contributed by atoms with Gasteiger partial charge in [0.1, 0.15) is 6.10 Å². The fraction of sp³-hybridized carbons (Fsp3) is 0.375. The summed E-state index contributed by atoms with van der Waals surface area (Å²) in [5.74, 6) is 0.717. The average molecular weight is 591 g/mol. The lowest BCUT2D eigenvalue weighted by atomic mass is 10.0. The average Bonchev–Trinajstić information content (AvgIpc) is 3.28. The van der Waals surface area contributed by atoms with Crippen LogP contribution in [0.5, 0.6) is 5.88 Å². The molecule has 4 heterocycles. The largest absolute Gasteiger partial charge is 0.473 e. The van der Waals surface area contributed by atoms with E-state index >= 15 is 0 Å². The van der Waals surface area contributed by atoms with Crippen LogP contribution in [0.15, 0.2) is 41.8 Å². The second-order valence-corrected chi connectivity index (χ2v) is 10.7. The lowest BCUT2D eigenvalue weighted by Crippen LogP contribution is -2.37. The zero-order valence-corrected chi connectivity index (χ0v) is 23.4. The molecule has 0 radical (unpaired) electrons. The number of hydrogen-bond acceptors (Lipinski definition) is 6. The summed E-state index contributed by atoms with van der Waals surface area (Å²) in [6, 6.07) is 2.09. The Morgan fingerprint density at radius 1 is 1.35 bits per heavy atom. The molecule has 8 nitrogen and oxygen atoms in total. The predicted molar refractivity (Wildman–Crippen MR) is 149 cm³/mol. The standard InChI is InChI=1S/C24H31IN7OP/c1-7-31-12-15(4)33-24-23(16(5)28-30(24)6)21-10-18-20(29-32(34-25)22(18)11-27-21)9-8-17(14(2)3)19(26)13-31/h8-11,15,34H,2,7,12-13,26H2,1,3-6H3/b9-8+,19-17-. The van der Waals surface area contributed by atoms with Gasteiger partial charge in [-0.3, -0.25) is 9.88 Å². The van der Waals surface area contributed by atoms with Crippen molar-refractivity contribution in [3.63, 3.8) is 0 Å². The molecule has 180 valence electrons. The third-order valence-electron chi connectivity index (χ3n) is 5.98. The van der Waals surface area contributed by atoms with Crippen LogP contribution < -0.4 is 10.5 Å². The Labute approximate surface area is 215 Å². The van der Waals surface area contributed by atoms with Crippen LogP contribution in [0.2, 0.25) is 0 Å². The molecule has 1 aliphatic heterocycles. The smallest absolute Gasteiger partial charge is 0.221 e. The van der Waals surface area contributed by atoms with Crippen molar-refractivity contribution in [3.8, 4) is 17.1 Å². The number of likely N-dealkylation sites (N-methyl/N-ethyl adjacent to an activating group) is 1. The first kappa shape index (κ1) is 24.9. The Morgan fingerprint density at radius 3 is 2.79 bits per heavy atom. The SMILES string of the molecule is C=C(C)C1=C(\N)CN(CC)CC(C)Oc2c(c(C)nn2C)-c2cc3c(nn(PI)c3cn2)\C=C\1. The topological polar surface area (TPSA) is 87.0 Å². The molecule has 2 N–H and O–H groups in total. The molecule has 0 aliphatic carbocycles. The van der Waals surface area contributed by atoms with Crippen LogP contribution in [0.4, 0.5) is 0 Å². The van der Waals surface area contributed by atoms with E-state index < -0.39 is 0 Å². The maximum Gasteiger partial charge on any atom is 0.221 e. The van der Waals surface area contributed by atoms with Gasteiger partial charge in [-0.25, -0.2) is 9.13 Å². The van der Waals surface area contributed by atoms with Crippen LogP contribution in [0.25, 0.3) is 28.2 Å². The normalized spacial score (nSPS) is 20.9. The number of rotatable bonds is 3. The summed E-state index contributed by atoms with van der Waals surface area (Å²) in [6.45, 7) is 14.6. The van der Waals surface area contributed by atoms with Gasteiger partial charge in [0.15, 0.2) is 0 Å². The van der Waals surface area contributed by atoms with Gasteiger partial charge in [0.25, 0.3) is 0 Å². The third-order valence-corrected chi connectivity index (χ3v) is 7.86. The van der Waals surface area contributed by atoms with Crippen LogP contribution in [0, 0.1) is 6.92 Å². The molecule has 2 unspecified atom stereocenters. The maximum absolute atomic E-state index is 6.60. The van der Waals surface area contributed by atoms with Gasteiger partial charge < -0.3 is 10.5 Å². The van der Waals surface area contributed by atoms with E-state index in [0.29, 0.717) is 18.8 Å². The molecule has 3 aromatic rings. The van der Waals surface area contributed by atoms with Crippen LogP contribution in [-0.2, 0) is 7.05 Å². The summed E-state index contributed by atoms with van der Waals surface area (Å²) in [4.78, 5) is 7.07. The van der Waals surface area contributed by atoms with Gasteiger partial charge >= 0.3 is 0 Å². The molecule has 0 fully saturated rings. The highest BCUT2D eigenvalue weighted by atomic mass is 127. The van der Waals surface area contributed by atoms with Gasteiger partial charge in [-0.15, -0.1) is 0 Å². The second-order valence-electron chi connectivity index (χ2n) is 8.67. The van der Waals surface area contributed by atoms with E-state index in [0.717, 1.165) is 63.5 Å². The first-order chi connectivity index (χ1) is 16.2. The molecule has 2 bridgehead atoms. The summed E-state index contributed by atoms with van der Waals surface area (Å²) in [7, 11) is 1.91. The number of pyridine rings is 1. The Kier molecular flexibility index (Phi) is 7.45. The number of aryl methyl sites for hydroxylation is 2. The van der Waals surface area contributed by atoms with Gasteiger partial charge in [-0.2, -0.15) is 10.2 Å². The molecule has 4 rings (SSSR count). The molecule has 0 aromatic carbocycles. The molecule has 34 heavy (non-hydrogen) atoms. The van der Waals surface area contributed by atoms with Crippen molar-refractivity contribution in [3.05, 3.63) is 53.1 Å². The number of allylic oxidation sites excluding steroid dienone is 3. The monoisotopic (exact) mass is 591 g/mol. The molecule has 3 aromatic heterocycles. The predicted octanol–water partition coefficient (Wildman–Crippen LogP) is 4.84. The Bertz CT molecular complexity index is 1310. The number of halogens is 1. The molecule has 0 saturated heterocycles. The minimum absolute atomic E-state index is 0.0717. The number of nitrogens with zero attached hydrogens (tertiary/aromatic N) is 6. The number of hydrogen-bond donors (Lipinski definition) is 1. The summed E-state index contributed by atoms with van der Waals surface area (Å²) < 4.78 is 10.2. The van der Waals surface area contributed by atoms with Crippen molar-refractivity contribution in [2.75, 3.05) is 19.6 Å². The quantitative estimate of drug-likeness (QED) is 0.347. The Balaban J connectivity index is 1.98. The lowest BCUT2D eigenvalue weighted by Gasteiger charge is -2.26. The van der Waals surface area contributed by atoms with E-state index in [2.05, 4.69) is 58.5 Å². The van der Waals surface area contributed by atoms with Gasteiger partial charge in [0.2, 0.25) is 5.88 Å². The van der Waals surface area contributed by atoms with Crippen molar-refractivity contribution in [2.45, 2.75) is 33.8 Å². The minimum Gasteiger partial charge on any atom is -0.473 e. The van der Waals surface area contributed by atoms with Crippen molar-refractivity contribution >= 4 is 45.4 Å². The number of aromatic nitrogens is 5. The number of fused-ring (bicyclic) bond motifs is 3. The van der Waals surface area contributed by atoms with Crippen LogP contribution >= 0.6 is 28.4 Å². The van der Waals surface area contributed by atoms with E-state index in [-0.39, 0.29) is 6.10 Å². The second kappa shape index (κ2) is 10.2. The Morgan fingerprint density at radius 2 is 2.12 bits per heavy atom. The molecule has 0 amide bonds. The molecule has 0 saturated carbocycles. The van der Waals surface area contributed by atoms with Gasteiger partial charge in [-0.1, -0.05) is 19.6 Å². The van der Waals surface area contributed by atoms with Crippen molar-refractivity contribution in [1.82, 2.24) is 29.2 Å². The summed E-state index contributed by atoms with van der Waals surface area (Å²) in [5.41, 5.74) is 13.7. The molecular formula is C24H31IN7OP. The highest BCUT2D eigenvalue weighted by Crippen LogP contribution is 2.37. The Hall–Kier alpha value is -2.23. The third kappa shape index (κ3) is 4.78. The van der Waals surface area contributed by atoms with Crippen molar-refractivity contribution in [1.29, 1.82) is 0 Å². The van der Waals surface area contributed by atoms with E-state index in [1.165, 1.54) is 0 Å².